The number of nitrogens with zero attached hydrogens (tertiary/aromatic N) is 2. The summed E-state index contributed by atoms with van der Waals surface area (Å²) in [5.41, 5.74) is -1.07. The van der Waals surface area contributed by atoms with Crippen LogP contribution in [0.15, 0.2) is 12.1 Å². The van der Waals surface area contributed by atoms with E-state index in [4.69, 9.17) is 9.47 Å². The quantitative estimate of drug-likeness (QED) is 0.634. The SMILES string of the molecule is On1c(F)[n+](F)c2c(F)c(C3OCCO3)ccc21.[Cl-]. The first kappa shape index (κ1) is 13.9. The first-order valence-electron chi connectivity index (χ1n) is 5.14. The number of ether oxygens (including phenoxy) is 2. The minimum absolute atomic E-state index is 0. The Morgan fingerprint density at radius 1 is 1.26 bits per heavy atom. The van der Waals surface area contributed by atoms with Gasteiger partial charge >= 0.3 is 6.08 Å². The van der Waals surface area contributed by atoms with Gasteiger partial charge in [0.15, 0.2) is 12.1 Å². The van der Waals surface area contributed by atoms with Gasteiger partial charge in [-0.05, 0) is 16.9 Å². The summed E-state index contributed by atoms with van der Waals surface area (Å²) in [5, 5.41) is 9.21. The van der Waals surface area contributed by atoms with E-state index in [-0.39, 0.29) is 28.2 Å². The van der Waals surface area contributed by atoms with Gasteiger partial charge in [0.1, 0.15) is 0 Å². The number of fused-ring (bicyclic) bond motifs is 1. The van der Waals surface area contributed by atoms with Crippen LogP contribution in [0.2, 0.25) is 0 Å². The number of benzene rings is 1. The predicted molar refractivity (Wildman–Crippen MR) is 50.4 cm³/mol. The molecule has 9 heteroatoms. The third-order valence-electron chi connectivity index (χ3n) is 2.76. The number of halogens is 4. The fraction of sp³-hybridized carbons (Fsp3) is 0.300. The van der Waals surface area contributed by atoms with Crippen LogP contribution in [0.3, 0.4) is 0 Å². The number of aromatic nitrogens is 2. The van der Waals surface area contributed by atoms with Gasteiger partial charge in [0, 0.05) is 14.8 Å². The van der Waals surface area contributed by atoms with Crippen molar-refractivity contribution in [2.75, 3.05) is 13.2 Å². The second-order valence-corrected chi connectivity index (χ2v) is 3.77. The Labute approximate surface area is 111 Å². The van der Waals surface area contributed by atoms with E-state index >= 15 is 0 Å². The summed E-state index contributed by atoms with van der Waals surface area (Å²) < 4.78 is 50.7. The molecule has 1 aliphatic rings. The molecule has 2 aromatic rings. The summed E-state index contributed by atoms with van der Waals surface area (Å²) in [6, 6.07) is 2.43. The topological polar surface area (TPSA) is 47.5 Å². The summed E-state index contributed by atoms with van der Waals surface area (Å²) in [6.45, 7) is 0.598. The van der Waals surface area contributed by atoms with Crippen molar-refractivity contribution in [2.24, 2.45) is 0 Å². The predicted octanol–water partition coefficient (Wildman–Crippen LogP) is -1.77. The van der Waals surface area contributed by atoms with Crippen molar-refractivity contribution in [1.29, 1.82) is 0 Å². The van der Waals surface area contributed by atoms with Crippen molar-refractivity contribution >= 4 is 11.0 Å². The van der Waals surface area contributed by atoms with Crippen molar-refractivity contribution < 1.29 is 45.1 Å². The van der Waals surface area contributed by atoms with Crippen LogP contribution in [0.25, 0.3) is 11.0 Å². The molecule has 1 aromatic carbocycles. The van der Waals surface area contributed by atoms with Crippen molar-refractivity contribution in [3.8, 4) is 0 Å². The zero-order valence-corrected chi connectivity index (χ0v) is 10.1. The Bertz CT molecular complexity index is 628. The number of rotatable bonds is 1. The molecule has 0 unspecified atom stereocenters. The maximum Gasteiger partial charge on any atom is 0.523 e. The van der Waals surface area contributed by atoms with E-state index in [9.17, 15) is 18.5 Å². The van der Waals surface area contributed by atoms with Crippen molar-refractivity contribution in [3.63, 3.8) is 0 Å². The van der Waals surface area contributed by atoms with Crippen molar-refractivity contribution in [3.05, 3.63) is 29.6 Å². The maximum absolute atomic E-state index is 14.1. The molecule has 0 saturated carbocycles. The van der Waals surface area contributed by atoms with E-state index in [0.29, 0.717) is 13.2 Å². The molecular weight excluding hydrogens is 289 g/mol. The van der Waals surface area contributed by atoms with Crippen LogP contribution >= 0.6 is 0 Å². The highest BCUT2D eigenvalue weighted by atomic mass is 35.5. The molecule has 0 radical (unpaired) electrons. The van der Waals surface area contributed by atoms with Gasteiger partial charge in [0.25, 0.3) is 5.52 Å². The summed E-state index contributed by atoms with van der Waals surface area (Å²) in [6.07, 6.45) is -2.56. The second-order valence-electron chi connectivity index (χ2n) is 3.77. The lowest BCUT2D eigenvalue weighted by molar-refractivity contribution is -0.846. The molecule has 2 heterocycles. The molecule has 104 valence electrons. The minimum Gasteiger partial charge on any atom is -1.00 e. The molecule has 1 N–H and O–H groups in total. The molecule has 19 heavy (non-hydrogen) atoms. The van der Waals surface area contributed by atoms with Gasteiger partial charge in [0.05, 0.1) is 13.2 Å². The van der Waals surface area contributed by atoms with Crippen LogP contribution in [0.4, 0.5) is 13.3 Å². The Balaban J connectivity index is 0.00000133. The molecular formula is C10H8ClF3N2O3. The lowest BCUT2D eigenvalue weighted by Crippen LogP contribution is -3.00. The molecule has 1 aliphatic heterocycles. The van der Waals surface area contributed by atoms with Gasteiger partial charge in [-0.3, -0.25) is 0 Å². The van der Waals surface area contributed by atoms with Gasteiger partial charge in [-0.2, -0.15) is 0 Å². The van der Waals surface area contributed by atoms with Gasteiger partial charge in [-0.15, -0.1) is 4.39 Å². The zero-order valence-electron chi connectivity index (χ0n) is 9.32. The Kier molecular flexibility index (Phi) is 3.57. The van der Waals surface area contributed by atoms with E-state index in [0.717, 1.165) is 0 Å². The first-order chi connectivity index (χ1) is 8.61. The molecule has 1 saturated heterocycles. The van der Waals surface area contributed by atoms with Gasteiger partial charge in [0.2, 0.25) is 5.52 Å². The summed E-state index contributed by atoms with van der Waals surface area (Å²) in [7, 11) is 0. The Hall–Kier alpha value is -1.51. The lowest BCUT2D eigenvalue weighted by Gasteiger charge is -2.09. The average Bonchev–Trinajstić information content (AvgIpc) is 2.95. The molecule has 5 nitrogen and oxygen atoms in total. The summed E-state index contributed by atoms with van der Waals surface area (Å²) in [4.78, 5) is -0.566. The number of hydrogen-bond donors (Lipinski definition) is 1. The van der Waals surface area contributed by atoms with Crippen molar-refractivity contribution in [1.82, 2.24) is 4.73 Å². The molecule has 0 bridgehead atoms. The molecule has 0 atom stereocenters. The van der Waals surface area contributed by atoms with Crippen LogP contribution < -0.4 is 17.2 Å². The van der Waals surface area contributed by atoms with E-state index in [2.05, 4.69) is 0 Å². The number of imidazole rings is 1. The van der Waals surface area contributed by atoms with Gasteiger partial charge < -0.3 is 27.1 Å². The van der Waals surface area contributed by atoms with Crippen molar-refractivity contribution in [2.45, 2.75) is 6.29 Å². The lowest BCUT2D eigenvalue weighted by atomic mass is 10.2. The Morgan fingerprint density at radius 2 is 1.89 bits per heavy atom. The minimum atomic E-state index is -1.62. The Morgan fingerprint density at radius 3 is 2.53 bits per heavy atom. The standard InChI is InChI=1S/C10H8F3N2O3.ClH/c11-7-5(9-17-3-4-18-9)1-2-6-8(7)14(13)10(12)15(6)16;/h1-2,9,16H,3-4H2;1H/q+1;/p-1. The highest BCUT2D eigenvalue weighted by Gasteiger charge is 2.33. The largest absolute Gasteiger partial charge is 1.00 e. The van der Waals surface area contributed by atoms with Crippen LogP contribution in [-0.2, 0) is 9.47 Å². The highest BCUT2D eigenvalue weighted by molar-refractivity contribution is 5.73. The number of hydrogen-bond acceptors (Lipinski definition) is 3. The molecule has 1 aromatic heterocycles. The fourth-order valence-corrected chi connectivity index (χ4v) is 1.92. The van der Waals surface area contributed by atoms with Crippen LogP contribution in [-0.4, -0.2) is 23.2 Å². The summed E-state index contributed by atoms with van der Waals surface area (Å²) in [5.74, 6) is -1.03. The van der Waals surface area contributed by atoms with E-state index < -0.39 is 28.5 Å². The maximum atomic E-state index is 14.1. The van der Waals surface area contributed by atoms with Gasteiger partial charge in [-0.1, -0.05) is 0 Å². The van der Waals surface area contributed by atoms with E-state index in [1.165, 1.54) is 12.1 Å². The second kappa shape index (κ2) is 4.87. The van der Waals surface area contributed by atoms with E-state index in [1.807, 2.05) is 0 Å². The third kappa shape index (κ3) is 1.92. The van der Waals surface area contributed by atoms with Gasteiger partial charge in [-0.25, -0.2) is 4.39 Å². The molecule has 1 fully saturated rings. The molecule has 0 amide bonds. The normalized spacial score (nSPS) is 15.9. The van der Waals surface area contributed by atoms with Crippen LogP contribution in [0.1, 0.15) is 11.9 Å². The third-order valence-corrected chi connectivity index (χ3v) is 2.76. The summed E-state index contributed by atoms with van der Waals surface area (Å²) >= 11 is 0. The average molecular weight is 297 g/mol. The molecule has 3 rings (SSSR count). The molecule has 0 spiro atoms. The smallest absolute Gasteiger partial charge is 0.523 e. The zero-order chi connectivity index (χ0) is 12.9. The first-order valence-corrected chi connectivity index (χ1v) is 5.14. The van der Waals surface area contributed by atoms with E-state index in [1.54, 1.807) is 0 Å². The van der Waals surface area contributed by atoms with Crippen LogP contribution in [0.5, 0.6) is 0 Å². The fourth-order valence-electron chi connectivity index (χ4n) is 1.92. The highest BCUT2D eigenvalue weighted by Crippen LogP contribution is 2.29. The molecule has 0 aliphatic carbocycles. The van der Waals surface area contributed by atoms with Crippen LogP contribution in [0, 0.1) is 11.9 Å². The monoisotopic (exact) mass is 296 g/mol.